The van der Waals surface area contributed by atoms with Gasteiger partial charge in [-0.15, -0.1) is 0 Å². The van der Waals surface area contributed by atoms with Gasteiger partial charge in [0.2, 0.25) is 0 Å². The molecular weight excluding hydrogens is 232 g/mol. The van der Waals surface area contributed by atoms with E-state index >= 15 is 0 Å². The lowest BCUT2D eigenvalue weighted by atomic mass is 10.2. The molecule has 0 aromatic heterocycles. The molecular formula is C17H18N2. The molecule has 0 aliphatic heterocycles. The molecule has 0 heterocycles. The number of hydrogen-bond acceptors (Lipinski definition) is 2. The quantitative estimate of drug-likeness (QED) is 0.685. The molecule has 0 bridgehead atoms. The molecule has 2 heteroatoms. The molecule has 0 unspecified atom stereocenters. The van der Waals surface area contributed by atoms with Gasteiger partial charge in [-0.1, -0.05) is 36.4 Å². The molecule has 0 amide bonds. The summed E-state index contributed by atoms with van der Waals surface area (Å²) in [7, 11) is 0. The van der Waals surface area contributed by atoms with E-state index in [2.05, 4.69) is 9.98 Å². The SMILES string of the molecule is C/C(C/C(C)=N/c1ccccc1)=N\c1ccccc1. The van der Waals surface area contributed by atoms with Gasteiger partial charge in [-0.3, -0.25) is 9.98 Å². The average Bonchev–Trinajstić information content (AvgIpc) is 2.40. The van der Waals surface area contributed by atoms with Crippen LogP contribution in [0.4, 0.5) is 11.4 Å². The van der Waals surface area contributed by atoms with Crippen LogP contribution in [0, 0.1) is 0 Å². The van der Waals surface area contributed by atoms with Crippen molar-refractivity contribution >= 4 is 22.8 Å². The minimum absolute atomic E-state index is 0.795. The van der Waals surface area contributed by atoms with Gasteiger partial charge in [0.05, 0.1) is 11.4 Å². The van der Waals surface area contributed by atoms with Gasteiger partial charge in [0, 0.05) is 17.8 Å². The molecule has 96 valence electrons. The van der Waals surface area contributed by atoms with Crippen LogP contribution in [0.3, 0.4) is 0 Å². The Kier molecular flexibility index (Phi) is 4.62. The Labute approximate surface area is 114 Å². The van der Waals surface area contributed by atoms with Gasteiger partial charge in [-0.25, -0.2) is 0 Å². The normalized spacial score (nSPS) is 12.5. The molecule has 0 radical (unpaired) electrons. The highest BCUT2D eigenvalue weighted by Gasteiger charge is 1.97. The zero-order valence-corrected chi connectivity index (χ0v) is 11.4. The fourth-order valence-electron chi connectivity index (χ4n) is 1.90. The smallest absolute Gasteiger partial charge is 0.0629 e. The van der Waals surface area contributed by atoms with Crippen LogP contribution in [-0.4, -0.2) is 11.4 Å². The largest absolute Gasteiger partial charge is 0.258 e. The van der Waals surface area contributed by atoms with Crippen molar-refractivity contribution in [2.24, 2.45) is 9.98 Å². The lowest BCUT2D eigenvalue weighted by molar-refractivity contribution is 1.37. The Morgan fingerprint density at radius 3 is 1.42 bits per heavy atom. The van der Waals surface area contributed by atoms with E-state index in [0.717, 1.165) is 29.2 Å². The van der Waals surface area contributed by atoms with E-state index in [9.17, 15) is 0 Å². The maximum Gasteiger partial charge on any atom is 0.0629 e. The van der Waals surface area contributed by atoms with Crippen LogP contribution < -0.4 is 0 Å². The van der Waals surface area contributed by atoms with Crippen molar-refractivity contribution < 1.29 is 0 Å². The summed E-state index contributed by atoms with van der Waals surface area (Å²) in [6, 6.07) is 20.0. The summed E-state index contributed by atoms with van der Waals surface area (Å²) < 4.78 is 0. The van der Waals surface area contributed by atoms with Crippen molar-refractivity contribution in [3.63, 3.8) is 0 Å². The minimum atomic E-state index is 0.795. The van der Waals surface area contributed by atoms with Gasteiger partial charge in [0.1, 0.15) is 0 Å². The lowest BCUT2D eigenvalue weighted by Gasteiger charge is -2.02. The second-order valence-electron chi connectivity index (χ2n) is 4.54. The number of aliphatic imine (C=N–C) groups is 2. The number of rotatable bonds is 4. The fraction of sp³-hybridized carbons (Fsp3) is 0.176. The van der Waals surface area contributed by atoms with E-state index in [1.807, 2.05) is 74.5 Å². The van der Waals surface area contributed by atoms with Crippen molar-refractivity contribution in [3.8, 4) is 0 Å². The highest BCUT2D eigenvalue weighted by molar-refractivity contribution is 6.03. The monoisotopic (exact) mass is 250 g/mol. The van der Waals surface area contributed by atoms with Crippen LogP contribution in [0.25, 0.3) is 0 Å². The third kappa shape index (κ3) is 4.51. The molecule has 0 atom stereocenters. The summed E-state index contributed by atoms with van der Waals surface area (Å²) in [6.07, 6.45) is 0.795. The van der Waals surface area contributed by atoms with E-state index in [1.54, 1.807) is 0 Å². The predicted molar refractivity (Wildman–Crippen MR) is 83.0 cm³/mol. The summed E-state index contributed by atoms with van der Waals surface area (Å²) >= 11 is 0. The van der Waals surface area contributed by atoms with Gasteiger partial charge >= 0.3 is 0 Å². The second kappa shape index (κ2) is 6.64. The Bertz CT molecular complexity index is 515. The molecule has 2 aromatic carbocycles. The molecule has 0 aliphatic carbocycles. The fourth-order valence-corrected chi connectivity index (χ4v) is 1.90. The van der Waals surface area contributed by atoms with Crippen molar-refractivity contribution in [1.29, 1.82) is 0 Å². The maximum absolute atomic E-state index is 4.58. The van der Waals surface area contributed by atoms with Crippen LogP contribution in [0.2, 0.25) is 0 Å². The molecule has 2 aromatic rings. The molecule has 19 heavy (non-hydrogen) atoms. The lowest BCUT2D eigenvalue weighted by Crippen LogP contribution is -1.99. The third-order valence-corrected chi connectivity index (χ3v) is 2.66. The van der Waals surface area contributed by atoms with E-state index < -0.39 is 0 Å². The van der Waals surface area contributed by atoms with Crippen molar-refractivity contribution in [2.45, 2.75) is 20.3 Å². The Morgan fingerprint density at radius 2 is 1.05 bits per heavy atom. The highest BCUT2D eigenvalue weighted by atomic mass is 14.8. The number of benzene rings is 2. The van der Waals surface area contributed by atoms with Gasteiger partial charge in [-0.05, 0) is 38.1 Å². The highest BCUT2D eigenvalue weighted by Crippen LogP contribution is 2.13. The summed E-state index contributed by atoms with van der Waals surface area (Å²) in [5.74, 6) is 0. The topological polar surface area (TPSA) is 24.7 Å². The van der Waals surface area contributed by atoms with Crippen LogP contribution in [0.15, 0.2) is 70.6 Å². The zero-order chi connectivity index (χ0) is 13.5. The zero-order valence-electron chi connectivity index (χ0n) is 11.4. The number of hydrogen-bond donors (Lipinski definition) is 0. The first kappa shape index (κ1) is 13.2. The third-order valence-electron chi connectivity index (χ3n) is 2.66. The van der Waals surface area contributed by atoms with E-state index in [-0.39, 0.29) is 0 Å². The Morgan fingerprint density at radius 1 is 0.684 bits per heavy atom. The Balaban J connectivity index is 2.05. The maximum atomic E-state index is 4.58. The summed E-state index contributed by atoms with van der Waals surface area (Å²) in [5.41, 5.74) is 4.13. The molecule has 0 aliphatic rings. The minimum Gasteiger partial charge on any atom is -0.258 e. The van der Waals surface area contributed by atoms with Crippen molar-refractivity contribution in [3.05, 3.63) is 60.7 Å². The van der Waals surface area contributed by atoms with Crippen molar-refractivity contribution in [1.82, 2.24) is 0 Å². The first-order chi connectivity index (χ1) is 9.24. The first-order valence-corrected chi connectivity index (χ1v) is 6.42. The Hall–Kier alpha value is -2.22. The van der Waals surface area contributed by atoms with E-state index in [4.69, 9.17) is 0 Å². The molecule has 0 spiro atoms. The molecule has 0 saturated carbocycles. The summed E-state index contributed by atoms with van der Waals surface area (Å²) in [6.45, 7) is 4.08. The standard InChI is InChI=1S/C17H18N2/c1-14(18-16-9-5-3-6-10-16)13-15(2)19-17-11-7-4-8-12-17/h3-12H,13H2,1-2H3/b18-14+,19-15+. The van der Waals surface area contributed by atoms with Crippen LogP contribution in [0.1, 0.15) is 20.3 Å². The molecule has 0 fully saturated rings. The summed E-state index contributed by atoms with van der Waals surface area (Å²) in [4.78, 5) is 9.15. The predicted octanol–water partition coefficient (Wildman–Crippen LogP) is 4.96. The second-order valence-corrected chi connectivity index (χ2v) is 4.54. The molecule has 0 N–H and O–H groups in total. The van der Waals surface area contributed by atoms with Gasteiger partial charge in [0.25, 0.3) is 0 Å². The van der Waals surface area contributed by atoms with E-state index in [0.29, 0.717) is 0 Å². The molecule has 2 nitrogen and oxygen atoms in total. The van der Waals surface area contributed by atoms with Crippen LogP contribution >= 0.6 is 0 Å². The van der Waals surface area contributed by atoms with E-state index in [1.165, 1.54) is 0 Å². The van der Waals surface area contributed by atoms with Gasteiger partial charge in [-0.2, -0.15) is 0 Å². The van der Waals surface area contributed by atoms with Crippen LogP contribution in [0.5, 0.6) is 0 Å². The average molecular weight is 250 g/mol. The number of para-hydroxylation sites is 2. The van der Waals surface area contributed by atoms with Gasteiger partial charge in [0.15, 0.2) is 0 Å². The molecule has 2 rings (SSSR count). The summed E-state index contributed by atoms with van der Waals surface area (Å²) in [5, 5.41) is 0. The number of nitrogens with zero attached hydrogens (tertiary/aromatic N) is 2. The first-order valence-electron chi connectivity index (χ1n) is 6.42. The van der Waals surface area contributed by atoms with Crippen LogP contribution in [-0.2, 0) is 0 Å². The molecule has 0 saturated heterocycles. The van der Waals surface area contributed by atoms with Gasteiger partial charge < -0.3 is 0 Å². The van der Waals surface area contributed by atoms with Crippen molar-refractivity contribution in [2.75, 3.05) is 0 Å².